The van der Waals surface area contributed by atoms with Crippen molar-refractivity contribution in [1.82, 2.24) is 9.97 Å². The molecule has 12 heavy (non-hydrogen) atoms. The van der Waals surface area contributed by atoms with Crippen LogP contribution in [0.1, 0.15) is 23.4 Å². The largest absolute Gasteiger partial charge is 0.346 e. The fourth-order valence-electron chi connectivity index (χ4n) is 1.56. The summed E-state index contributed by atoms with van der Waals surface area (Å²) in [4.78, 5) is 17.1. The van der Waals surface area contributed by atoms with Crippen LogP contribution in [0, 0.1) is 11.3 Å². The van der Waals surface area contributed by atoms with Gasteiger partial charge in [0.25, 0.3) is 0 Å². The molecule has 1 aliphatic carbocycles. The highest BCUT2D eigenvalue weighted by Crippen LogP contribution is 2.19. The average molecular weight is 161 g/mol. The summed E-state index contributed by atoms with van der Waals surface area (Å²) in [6, 6.07) is 1.94. The first-order valence-corrected chi connectivity index (χ1v) is 3.83. The zero-order valence-corrected chi connectivity index (χ0v) is 6.42. The summed E-state index contributed by atoms with van der Waals surface area (Å²) in [6.07, 6.45) is 2.73. The third kappa shape index (κ3) is 0.909. The Morgan fingerprint density at radius 2 is 2.33 bits per heavy atom. The molecule has 60 valence electrons. The van der Waals surface area contributed by atoms with Gasteiger partial charge in [0.2, 0.25) is 0 Å². The van der Waals surface area contributed by atoms with Crippen LogP contribution in [0.2, 0.25) is 0 Å². The van der Waals surface area contributed by atoms with Crippen molar-refractivity contribution in [2.24, 2.45) is 0 Å². The number of nitrogens with zero attached hydrogens (tertiary/aromatic N) is 2. The lowest BCUT2D eigenvalue weighted by atomic mass is 10.2. The van der Waals surface area contributed by atoms with Crippen LogP contribution >= 0.6 is 0 Å². The summed E-state index contributed by atoms with van der Waals surface area (Å²) < 4.78 is 0. The second-order valence-corrected chi connectivity index (χ2v) is 2.81. The molecular formula is C8H7N3O. The quantitative estimate of drug-likeness (QED) is 0.588. The minimum Gasteiger partial charge on any atom is -0.309 e. The first-order valence-electron chi connectivity index (χ1n) is 3.83. The number of aromatic amines is 1. The number of nitriles is 1. The molecule has 1 N–H and O–H groups in total. The zero-order valence-electron chi connectivity index (χ0n) is 6.42. The number of nitrogens with one attached hydrogen (secondary N) is 1. The van der Waals surface area contributed by atoms with E-state index in [2.05, 4.69) is 9.97 Å². The molecule has 4 heteroatoms. The van der Waals surface area contributed by atoms with Gasteiger partial charge in [-0.1, -0.05) is 0 Å². The Bertz CT molecular complexity index is 413. The lowest BCUT2D eigenvalue weighted by Gasteiger charge is -1.97. The molecule has 0 aliphatic heterocycles. The van der Waals surface area contributed by atoms with Crippen LogP contribution in [-0.4, -0.2) is 9.97 Å². The minimum absolute atomic E-state index is 0.297. The van der Waals surface area contributed by atoms with Crippen molar-refractivity contribution in [2.45, 2.75) is 19.3 Å². The molecule has 0 atom stereocenters. The zero-order chi connectivity index (χ0) is 8.55. The van der Waals surface area contributed by atoms with E-state index in [-0.39, 0.29) is 0 Å². The maximum absolute atomic E-state index is 10.9. The van der Waals surface area contributed by atoms with Gasteiger partial charge in [-0.05, 0) is 19.3 Å². The van der Waals surface area contributed by atoms with Crippen molar-refractivity contribution < 1.29 is 0 Å². The van der Waals surface area contributed by atoms with E-state index in [0.717, 1.165) is 30.5 Å². The molecule has 0 aromatic carbocycles. The number of fused-ring (bicyclic) bond motifs is 1. The predicted octanol–water partition coefficient (Wildman–Crippen LogP) is 0.130. The molecule has 0 unspecified atom stereocenters. The smallest absolute Gasteiger partial charge is 0.309 e. The van der Waals surface area contributed by atoms with E-state index in [0.29, 0.717) is 5.69 Å². The second kappa shape index (κ2) is 2.45. The summed E-state index contributed by atoms with van der Waals surface area (Å²) in [5, 5.41) is 8.66. The molecule has 1 aliphatic rings. The highest BCUT2D eigenvalue weighted by Gasteiger charge is 2.16. The van der Waals surface area contributed by atoms with Gasteiger partial charge < -0.3 is 4.98 Å². The van der Waals surface area contributed by atoms with Gasteiger partial charge in [0.1, 0.15) is 6.07 Å². The molecule has 0 radical (unpaired) electrons. The molecule has 1 aromatic heterocycles. The Hall–Kier alpha value is -1.63. The molecule has 0 saturated carbocycles. The molecule has 2 rings (SSSR count). The Morgan fingerprint density at radius 3 is 3.08 bits per heavy atom. The van der Waals surface area contributed by atoms with Crippen LogP contribution in [0.3, 0.4) is 0 Å². The van der Waals surface area contributed by atoms with Gasteiger partial charge in [0.15, 0.2) is 5.69 Å². The van der Waals surface area contributed by atoms with Crippen LogP contribution in [-0.2, 0) is 12.8 Å². The highest BCUT2D eigenvalue weighted by molar-refractivity contribution is 5.36. The maximum Gasteiger partial charge on any atom is 0.346 e. The van der Waals surface area contributed by atoms with E-state index in [1.807, 2.05) is 6.07 Å². The van der Waals surface area contributed by atoms with Crippen molar-refractivity contribution in [3.63, 3.8) is 0 Å². The van der Waals surface area contributed by atoms with E-state index < -0.39 is 5.69 Å². The lowest BCUT2D eigenvalue weighted by molar-refractivity contribution is 0.895. The molecule has 0 bridgehead atoms. The number of hydrogen-bond donors (Lipinski definition) is 1. The van der Waals surface area contributed by atoms with Crippen LogP contribution in [0.5, 0.6) is 0 Å². The van der Waals surface area contributed by atoms with Gasteiger partial charge >= 0.3 is 5.69 Å². The Kier molecular flexibility index (Phi) is 1.44. The third-order valence-corrected chi connectivity index (χ3v) is 2.08. The standard InChI is InChI=1S/C8H7N3O/c9-4-7-5-2-1-3-6(5)10-8(12)11-7/h1-3H2,(H,10,11,12). The van der Waals surface area contributed by atoms with E-state index in [1.54, 1.807) is 0 Å². The lowest BCUT2D eigenvalue weighted by Crippen LogP contribution is -2.15. The average Bonchev–Trinajstić information content (AvgIpc) is 2.50. The summed E-state index contributed by atoms with van der Waals surface area (Å²) in [6.45, 7) is 0. The van der Waals surface area contributed by atoms with Crippen molar-refractivity contribution >= 4 is 0 Å². The Labute approximate surface area is 68.9 Å². The van der Waals surface area contributed by atoms with E-state index in [1.165, 1.54) is 0 Å². The topological polar surface area (TPSA) is 69.5 Å². The van der Waals surface area contributed by atoms with E-state index >= 15 is 0 Å². The minimum atomic E-state index is -0.410. The Balaban J connectivity index is 2.73. The number of hydrogen-bond acceptors (Lipinski definition) is 3. The first-order chi connectivity index (χ1) is 5.81. The molecule has 1 aromatic rings. The van der Waals surface area contributed by atoms with Crippen LogP contribution in [0.25, 0.3) is 0 Å². The molecule has 0 fully saturated rings. The third-order valence-electron chi connectivity index (χ3n) is 2.08. The van der Waals surface area contributed by atoms with Gasteiger partial charge in [-0.25, -0.2) is 4.79 Å². The normalized spacial score (nSPS) is 13.9. The van der Waals surface area contributed by atoms with Crippen LogP contribution in [0.4, 0.5) is 0 Å². The predicted molar refractivity (Wildman–Crippen MR) is 41.6 cm³/mol. The van der Waals surface area contributed by atoms with Gasteiger partial charge in [0.05, 0.1) is 0 Å². The summed E-state index contributed by atoms with van der Waals surface area (Å²) >= 11 is 0. The van der Waals surface area contributed by atoms with Crippen LogP contribution < -0.4 is 5.69 Å². The second-order valence-electron chi connectivity index (χ2n) is 2.81. The fraction of sp³-hybridized carbons (Fsp3) is 0.375. The number of aryl methyl sites for hydroxylation is 1. The van der Waals surface area contributed by atoms with Crippen molar-refractivity contribution in [1.29, 1.82) is 5.26 Å². The van der Waals surface area contributed by atoms with Gasteiger partial charge in [-0.15, -0.1) is 0 Å². The summed E-state index contributed by atoms with van der Waals surface area (Å²) in [7, 11) is 0. The SMILES string of the molecule is N#Cc1nc(=O)[nH]c2c1CCC2. The van der Waals surface area contributed by atoms with Gasteiger partial charge in [-0.2, -0.15) is 10.2 Å². The maximum atomic E-state index is 10.9. The molecule has 0 spiro atoms. The first kappa shape index (κ1) is 7.04. The van der Waals surface area contributed by atoms with E-state index in [9.17, 15) is 4.79 Å². The molecule has 4 nitrogen and oxygen atoms in total. The summed E-state index contributed by atoms with van der Waals surface area (Å²) in [5.74, 6) is 0. The fourth-order valence-corrected chi connectivity index (χ4v) is 1.56. The van der Waals surface area contributed by atoms with Gasteiger partial charge in [0, 0.05) is 11.3 Å². The number of aromatic nitrogens is 2. The van der Waals surface area contributed by atoms with E-state index in [4.69, 9.17) is 5.26 Å². The molecular weight excluding hydrogens is 154 g/mol. The molecule has 1 heterocycles. The Morgan fingerprint density at radius 1 is 1.50 bits per heavy atom. The molecule has 0 saturated heterocycles. The van der Waals surface area contributed by atoms with Crippen molar-refractivity contribution in [3.8, 4) is 6.07 Å². The van der Waals surface area contributed by atoms with Crippen LogP contribution in [0.15, 0.2) is 4.79 Å². The number of H-pyrrole nitrogens is 1. The monoisotopic (exact) mass is 161 g/mol. The van der Waals surface area contributed by atoms with Crippen molar-refractivity contribution in [3.05, 3.63) is 27.4 Å². The number of rotatable bonds is 0. The summed E-state index contributed by atoms with van der Waals surface area (Å²) in [5.41, 5.74) is 1.71. The molecule has 0 amide bonds. The highest BCUT2D eigenvalue weighted by atomic mass is 16.1. The van der Waals surface area contributed by atoms with Crippen molar-refractivity contribution in [2.75, 3.05) is 0 Å². The van der Waals surface area contributed by atoms with Gasteiger partial charge in [-0.3, -0.25) is 0 Å².